The highest BCUT2D eigenvalue weighted by atomic mass is 32.1. The molecule has 5 heteroatoms. The van der Waals surface area contributed by atoms with Gasteiger partial charge in [0.1, 0.15) is 11.3 Å². The standard InChI is InChI=1S/C15H17N3OS/c1-3-19-13-6-4-5-12-14(13)17-15(16)18(12)9-11-8-7-10(2)20-11/h4-8H,3,9H2,1-2H3,(H2,16,17). The Morgan fingerprint density at radius 2 is 2.15 bits per heavy atom. The van der Waals surface area contributed by atoms with Gasteiger partial charge in [0, 0.05) is 9.75 Å². The molecule has 0 aliphatic carbocycles. The highest BCUT2D eigenvalue weighted by Crippen LogP contribution is 2.28. The molecule has 0 bridgehead atoms. The largest absolute Gasteiger partial charge is 0.492 e. The summed E-state index contributed by atoms with van der Waals surface area (Å²) in [4.78, 5) is 7.03. The van der Waals surface area contributed by atoms with Crippen LogP contribution < -0.4 is 10.5 Å². The molecule has 0 fully saturated rings. The SMILES string of the molecule is CCOc1cccc2c1nc(N)n2Cc1ccc(C)s1. The number of benzene rings is 1. The number of para-hydroxylation sites is 1. The minimum absolute atomic E-state index is 0.526. The lowest BCUT2D eigenvalue weighted by Gasteiger charge is -2.06. The van der Waals surface area contributed by atoms with Crippen LogP contribution in [0.4, 0.5) is 5.95 Å². The van der Waals surface area contributed by atoms with Gasteiger partial charge in [-0.05, 0) is 38.1 Å². The Bertz CT molecular complexity index is 745. The number of ether oxygens (including phenoxy) is 1. The Balaban J connectivity index is 2.06. The maximum absolute atomic E-state index is 6.07. The van der Waals surface area contributed by atoms with Gasteiger partial charge in [0.2, 0.25) is 5.95 Å². The number of nitrogens with zero attached hydrogens (tertiary/aromatic N) is 2. The zero-order chi connectivity index (χ0) is 14.1. The van der Waals surface area contributed by atoms with E-state index < -0.39 is 0 Å². The molecule has 0 aliphatic heterocycles. The Morgan fingerprint density at radius 1 is 1.30 bits per heavy atom. The highest BCUT2D eigenvalue weighted by molar-refractivity contribution is 7.11. The minimum Gasteiger partial charge on any atom is -0.492 e. The smallest absolute Gasteiger partial charge is 0.201 e. The van der Waals surface area contributed by atoms with Gasteiger partial charge in [0.15, 0.2) is 0 Å². The zero-order valence-corrected chi connectivity index (χ0v) is 12.4. The fourth-order valence-electron chi connectivity index (χ4n) is 2.30. The van der Waals surface area contributed by atoms with E-state index in [9.17, 15) is 0 Å². The van der Waals surface area contributed by atoms with E-state index in [1.54, 1.807) is 11.3 Å². The summed E-state index contributed by atoms with van der Waals surface area (Å²) in [6.45, 7) is 5.44. The van der Waals surface area contributed by atoms with Crippen LogP contribution >= 0.6 is 11.3 Å². The van der Waals surface area contributed by atoms with Crippen molar-refractivity contribution in [2.24, 2.45) is 0 Å². The van der Waals surface area contributed by atoms with Crippen LogP contribution in [0.25, 0.3) is 11.0 Å². The van der Waals surface area contributed by atoms with Gasteiger partial charge in [-0.25, -0.2) is 4.98 Å². The molecule has 3 aromatic rings. The first-order chi connectivity index (χ1) is 9.69. The van der Waals surface area contributed by atoms with Gasteiger partial charge in [0.25, 0.3) is 0 Å². The number of imidazole rings is 1. The van der Waals surface area contributed by atoms with Crippen LogP contribution in [0.2, 0.25) is 0 Å². The Labute approximate surface area is 121 Å². The number of fused-ring (bicyclic) bond motifs is 1. The predicted octanol–water partition coefficient (Wildman–Crippen LogP) is 3.44. The van der Waals surface area contributed by atoms with Crippen molar-refractivity contribution in [3.8, 4) is 5.75 Å². The van der Waals surface area contributed by atoms with Gasteiger partial charge < -0.3 is 15.0 Å². The molecule has 0 radical (unpaired) electrons. The average molecular weight is 287 g/mol. The number of hydrogen-bond donors (Lipinski definition) is 1. The molecule has 20 heavy (non-hydrogen) atoms. The topological polar surface area (TPSA) is 53.1 Å². The molecule has 104 valence electrons. The molecule has 0 atom stereocenters. The van der Waals surface area contributed by atoms with Crippen LogP contribution in [0.1, 0.15) is 16.7 Å². The molecule has 3 rings (SSSR count). The van der Waals surface area contributed by atoms with Crippen molar-refractivity contribution in [1.82, 2.24) is 9.55 Å². The molecule has 4 nitrogen and oxygen atoms in total. The Kier molecular flexibility index (Phi) is 3.36. The van der Waals surface area contributed by atoms with E-state index in [2.05, 4.69) is 24.0 Å². The summed E-state index contributed by atoms with van der Waals surface area (Å²) in [5.74, 6) is 1.32. The number of hydrogen-bond acceptors (Lipinski definition) is 4. The average Bonchev–Trinajstić information content (AvgIpc) is 2.97. The lowest BCUT2D eigenvalue weighted by molar-refractivity contribution is 0.343. The van der Waals surface area contributed by atoms with Crippen molar-refractivity contribution in [2.45, 2.75) is 20.4 Å². The zero-order valence-electron chi connectivity index (χ0n) is 11.6. The van der Waals surface area contributed by atoms with E-state index in [-0.39, 0.29) is 0 Å². The van der Waals surface area contributed by atoms with Gasteiger partial charge in [0.05, 0.1) is 18.7 Å². The molecule has 0 unspecified atom stereocenters. The fraction of sp³-hybridized carbons (Fsp3) is 0.267. The summed E-state index contributed by atoms with van der Waals surface area (Å²) in [6, 6.07) is 10.2. The Morgan fingerprint density at radius 3 is 2.85 bits per heavy atom. The van der Waals surface area contributed by atoms with Gasteiger partial charge in [-0.3, -0.25) is 0 Å². The van der Waals surface area contributed by atoms with Crippen LogP contribution in [0.15, 0.2) is 30.3 Å². The predicted molar refractivity (Wildman–Crippen MR) is 83.5 cm³/mol. The molecular formula is C15H17N3OS. The van der Waals surface area contributed by atoms with Crippen molar-refractivity contribution in [3.63, 3.8) is 0 Å². The van der Waals surface area contributed by atoms with Crippen LogP contribution in [0.5, 0.6) is 5.75 Å². The molecular weight excluding hydrogens is 270 g/mol. The maximum Gasteiger partial charge on any atom is 0.201 e. The minimum atomic E-state index is 0.526. The van der Waals surface area contributed by atoms with E-state index >= 15 is 0 Å². The van der Waals surface area contributed by atoms with Gasteiger partial charge in [-0.1, -0.05) is 6.07 Å². The summed E-state index contributed by atoms with van der Waals surface area (Å²) in [7, 11) is 0. The molecule has 0 amide bonds. The number of nitrogens with two attached hydrogens (primary N) is 1. The summed E-state index contributed by atoms with van der Waals surface area (Å²) in [6.07, 6.45) is 0. The van der Waals surface area contributed by atoms with E-state index in [0.717, 1.165) is 23.3 Å². The second-order valence-electron chi connectivity index (χ2n) is 4.63. The van der Waals surface area contributed by atoms with Crippen molar-refractivity contribution >= 4 is 28.3 Å². The molecule has 2 N–H and O–H groups in total. The quantitative estimate of drug-likeness (QED) is 0.799. The number of anilines is 1. The van der Waals surface area contributed by atoms with Crippen molar-refractivity contribution in [2.75, 3.05) is 12.3 Å². The second kappa shape index (κ2) is 5.17. The first-order valence-electron chi connectivity index (χ1n) is 6.62. The third-order valence-electron chi connectivity index (χ3n) is 3.18. The van der Waals surface area contributed by atoms with Crippen molar-refractivity contribution in [1.29, 1.82) is 0 Å². The summed E-state index contributed by atoms with van der Waals surface area (Å²) >= 11 is 1.78. The van der Waals surface area contributed by atoms with Crippen LogP contribution in [-0.2, 0) is 6.54 Å². The third kappa shape index (κ3) is 2.25. The second-order valence-corrected chi connectivity index (χ2v) is 6.00. The first kappa shape index (κ1) is 13.0. The van der Waals surface area contributed by atoms with Gasteiger partial charge in [-0.2, -0.15) is 0 Å². The molecule has 0 aliphatic rings. The third-order valence-corrected chi connectivity index (χ3v) is 4.17. The lowest BCUT2D eigenvalue weighted by atomic mass is 10.3. The molecule has 0 saturated heterocycles. The molecule has 2 heterocycles. The van der Waals surface area contributed by atoms with E-state index in [0.29, 0.717) is 12.6 Å². The Hall–Kier alpha value is -2.01. The lowest BCUT2D eigenvalue weighted by Crippen LogP contribution is -2.03. The number of aromatic nitrogens is 2. The van der Waals surface area contributed by atoms with E-state index in [4.69, 9.17) is 10.5 Å². The first-order valence-corrected chi connectivity index (χ1v) is 7.43. The fourth-order valence-corrected chi connectivity index (χ4v) is 3.18. The summed E-state index contributed by atoms with van der Waals surface area (Å²) in [5, 5.41) is 0. The van der Waals surface area contributed by atoms with Crippen LogP contribution in [-0.4, -0.2) is 16.2 Å². The number of nitrogen functional groups attached to an aromatic ring is 1. The van der Waals surface area contributed by atoms with Crippen molar-refractivity contribution in [3.05, 3.63) is 40.1 Å². The molecule has 0 spiro atoms. The highest BCUT2D eigenvalue weighted by Gasteiger charge is 2.13. The summed E-state index contributed by atoms with van der Waals surface area (Å²) < 4.78 is 7.64. The normalized spacial score (nSPS) is 11.1. The van der Waals surface area contributed by atoms with Crippen molar-refractivity contribution < 1.29 is 4.74 Å². The molecule has 0 saturated carbocycles. The number of rotatable bonds is 4. The van der Waals surface area contributed by atoms with Gasteiger partial charge >= 0.3 is 0 Å². The number of aryl methyl sites for hydroxylation is 1. The monoisotopic (exact) mass is 287 g/mol. The number of thiophene rings is 1. The van der Waals surface area contributed by atoms with E-state index in [1.807, 2.05) is 29.7 Å². The molecule has 2 aromatic heterocycles. The van der Waals surface area contributed by atoms with Gasteiger partial charge in [-0.15, -0.1) is 11.3 Å². The molecule has 1 aromatic carbocycles. The van der Waals surface area contributed by atoms with Crippen LogP contribution in [0.3, 0.4) is 0 Å². The maximum atomic E-state index is 6.07. The van der Waals surface area contributed by atoms with E-state index in [1.165, 1.54) is 9.75 Å². The van der Waals surface area contributed by atoms with Crippen LogP contribution in [0, 0.1) is 6.92 Å². The summed E-state index contributed by atoms with van der Waals surface area (Å²) in [5.41, 5.74) is 7.92.